The summed E-state index contributed by atoms with van der Waals surface area (Å²) < 4.78 is 0.706. The molecular weight excluding hydrogens is 240 g/mol. The zero-order chi connectivity index (χ0) is 11.7. The van der Waals surface area contributed by atoms with Crippen molar-refractivity contribution in [3.63, 3.8) is 0 Å². The van der Waals surface area contributed by atoms with Crippen LogP contribution in [0.25, 0.3) is 0 Å². The first-order valence-electron chi connectivity index (χ1n) is 5.08. The van der Waals surface area contributed by atoms with Crippen LogP contribution in [0.2, 0.25) is 4.34 Å². The summed E-state index contributed by atoms with van der Waals surface area (Å²) in [6.45, 7) is 4.11. The van der Waals surface area contributed by atoms with Crippen LogP contribution in [0.1, 0.15) is 27.7 Å². The van der Waals surface area contributed by atoms with Gasteiger partial charge in [-0.15, -0.1) is 11.3 Å². The largest absolute Gasteiger partial charge is 0.383 e. The Balaban J connectivity index is 2.33. The highest BCUT2D eigenvalue weighted by atomic mass is 35.5. The Labute approximate surface area is 104 Å². The molecule has 0 aliphatic carbocycles. The highest BCUT2D eigenvalue weighted by molar-refractivity contribution is 7.16. The number of aliphatic hydroxyl groups is 1. The maximum Gasteiger partial charge on any atom is 0.113 e. The molecule has 0 saturated carbocycles. The molecule has 0 amide bonds. The lowest BCUT2D eigenvalue weighted by atomic mass is 10.0. The monoisotopic (exact) mass is 252 g/mol. The van der Waals surface area contributed by atoms with E-state index in [-0.39, 0.29) is 0 Å². The number of aryl methyl sites for hydroxylation is 2. The molecule has 1 N–H and O–H groups in total. The van der Waals surface area contributed by atoms with Crippen LogP contribution in [0, 0.1) is 13.8 Å². The van der Waals surface area contributed by atoms with Crippen molar-refractivity contribution in [3.8, 4) is 0 Å². The van der Waals surface area contributed by atoms with E-state index in [0.29, 0.717) is 4.34 Å². The number of benzene rings is 1. The lowest BCUT2D eigenvalue weighted by Gasteiger charge is -2.10. The van der Waals surface area contributed by atoms with Gasteiger partial charge in [0, 0.05) is 4.88 Å². The Bertz CT molecular complexity index is 504. The second kappa shape index (κ2) is 4.58. The highest BCUT2D eigenvalue weighted by Gasteiger charge is 2.13. The van der Waals surface area contributed by atoms with Gasteiger partial charge in [-0.05, 0) is 42.7 Å². The van der Waals surface area contributed by atoms with E-state index in [1.807, 2.05) is 37.3 Å². The molecular formula is C13H13ClOS. The fourth-order valence-electron chi connectivity index (χ4n) is 1.57. The van der Waals surface area contributed by atoms with E-state index >= 15 is 0 Å². The number of rotatable bonds is 2. The van der Waals surface area contributed by atoms with Crippen LogP contribution in [0.4, 0.5) is 0 Å². The van der Waals surface area contributed by atoms with Gasteiger partial charge < -0.3 is 5.11 Å². The lowest BCUT2D eigenvalue weighted by Crippen LogP contribution is -1.97. The van der Waals surface area contributed by atoms with E-state index < -0.39 is 6.10 Å². The lowest BCUT2D eigenvalue weighted by molar-refractivity contribution is 0.224. The average Bonchev–Trinajstić information content (AvgIpc) is 2.68. The van der Waals surface area contributed by atoms with Gasteiger partial charge in [0.2, 0.25) is 0 Å². The van der Waals surface area contributed by atoms with E-state index in [1.54, 1.807) is 0 Å². The Morgan fingerprint density at radius 1 is 1.12 bits per heavy atom. The summed E-state index contributed by atoms with van der Waals surface area (Å²) in [5, 5.41) is 10.2. The van der Waals surface area contributed by atoms with Crippen LogP contribution in [0.5, 0.6) is 0 Å². The molecule has 0 spiro atoms. The molecule has 1 atom stereocenters. The van der Waals surface area contributed by atoms with Gasteiger partial charge in [-0.1, -0.05) is 29.8 Å². The van der Waals surface area contributed by atoms with Gasteiger partial charge in [-0.3, -0.25) is 0 Å². The molecule has 1 unspecified atom stereocenters. The zero-order valence-corrected chi connectivity index (χ0v) is 10.8. The average molecular weight is 253 g/mol. The van der Waals surface area contributed by atoms with Crippen molar-refractivity contribution in [2.75, 3.05) is 0 Å². The molecule has 1 aromatic carbocycles. The molecule has 0 aliphatic rings. The van der Waals surface area contributed by atoms with Gasteiger partial charge in [0.25, 0.3) is 0 Å². The van der Waals surface area contributed by atoms with Crippen molar-refractivity contribution in [2.24, 2.45) is 0 Å². The van der Waals surface area contributed by atoms with Crippen LogP contribution in [0.3, 0.4) is 0 Å². The van der Waals surface area contributed by atoms with E-state index in [0.717, 1.165) is 10.4 Å². The molecule has 16 heavy (non-hydrogen) atoms. The third kappa shape index (κ3) is 2.29. The van der Waals surface area contributed by atoms with Gasteiger partial charge in [0.05, 0.1) is 4.34 Å². The summed E-state index contributed by atoms with van der Waals surface area (Å²) >= 11 is 7.27. The Morgan fingerprint density at radius 2 is 1.88 bits per heavy atom. The first kappa shape index (κ1) is 11.6. The van der Waals surface area contributed by atoms with Crippen molar-refractivity contribution < 1.29 is 5.11 Å². The molecule has 0 radical (unpaired) electrons. The van der Waals surface area contributed by atoms with E-state index in [2.05, 4.69) is 6.92 Å². The quantitative estimate of drug-likeness (QED) is 0.853. The molecule has 2 rings (SSSR count). The van der Waals surface area contributed by atoms with E-state index in [9.17, 15) is 5.11 Å². The number of hydrogen-bond donors (Lipinski definition) is 1. The molecule has 2 aromatic rings. The molecule has 1 heterocycles. The predicted molar refractivity (Wildman–Crippen MR) is 69.3 cm³/mol. The van der Waals surface area contributed by atoms with Crippen molar-refractivity contribution in [1.29, 1.82) is 0 Å². The normalized spacial score (nSPS) is 12.8. The number of halogens is 1. The molecule has 0 fully saturated rings. The van der Waals surface area contributed by atoms with Crippen molar-refractivity contribution in [2.45, 2.75) is 20.0 Å². The second-order valence-electron chi connectivity index (χ2n) is 3.89. The summed E-state index contributed by atoms with van der Waals surface area (Å²) in [5.74, 6) is 0. The Hall–Kier alpha value is -0.830. The topological polar surface area (TPSA) is 20.2 Å². The third-order valence-corrected chi connectivity index (χ3v) is 3.99. The minimum atomic E-state index is -0.572. The van der Waals surface area contributed by atoms with Crippen molar-refractivity contribution in [3.05, 3.63) is 56.2 Å². The molecule has 1 nitrogen and oxygen atoms in total. The van der Waals surface area contributed by atoms with Gasteiger partial charge in [0.15, 0.2) is 0 Å². The summed E-state index contributed by atoms with van der Waals surface area (Å²) in [5.41, 5.74) is 3.35. The minimum Gasteiger partial charge on any atom is -0.383 e. The molecule has 3 heteroatoms. The number of hydrogen-bond acceptors (Lipinski definition) is 2. The van der Waals surface area contributed by atoms with Crippen LogP contribution in [0.15, 0.2) is 30.3 Å². The van der Waals surface area contributed by atoms with E-state index in [1.165, 1.54) is 22.5 Å². The first-order chi connectivity index (χ1) is 7.58. The zero-order valence-electron chi connectivity index (χ0n) is 9.20. The van der Waals surface area contributed by atoms with Crippen LogP contribution in [-0.2, 0) is 0 Å². The maximum absolute atomic E-state index is 10.2. The molecule has 0 saturated heterocycles. The van der Waals surface area contributed by atoms with Gasteiger partial charge in [0.1, 0.15) is 6.10 Å². The molecule has 0 aliphatic heterocycles. The van der Waals surface area contributed by atoms with E-state index in [4.69, 9.17) is 11.6 Å². The van der Waals surface area contributed by atoms with Crippen LogP contribution < -0.4 is 0 Å². The first-order valence-corrected chi connectivity index (χ1v) is 6.28. The second-order valence-corrected chi connectivity index (χ2v) is 5.63. The van der Waals surface area contributed by atoms with Gasteiger partial charge >= 0.3 is 0 Å². The predicted octanol–water partition coefficient (Wildman–Crippen LogP) is 4.10. The standard InChI is InChI=1S/C13H13ClOS/c1-8-3-4-10(7-9(8)2)13(15)11-5-6-12(14)16-11/h3-7,13,15H,1-2H3. The summed E-state index contributed by atoms with van der Waals surface area (Å²) in [7, 11) is 0. The fourth-order valence-corrected chi connectivity index (χ4v) is 2.65. The minimum absolute atomic E-state index is 0.572. The fraction of sp³-hybridized carbons (Fsp3) is 0.231. The number of thiophene rings is 1. The maximum atomic E-state index is 10.2. The molecule has 1 aromatic heterocycles. The number of aliphatic hydroxyl groups excluding tert-OH is 1. The molecule has 0 bridgehead atoms. The smallest absolute Gasteiger partial charge is 0.113 e. The Morgan fingerprint density at radius 3 is 2.44 bits per heavy atom. The van der Waals surface area contributed by atoms with Gasteiger partial charge in [-0.25, -0.2) is 0 Å². The molecule has 84 valence electrons. The third-order valence-electron chi connectivity index (χ3n) is 2.71. The Kier molecular flexibility index (Phi) is 3.33. The SMILES string of the molecule is Cc1ccc(C(O)c2ccc(Cl)s2)cc1C. The van der Waals surface area contributed by atoms with Crippen molar-refractivity contribution in [1.82, 2.24) is 0 Å². The van der Waals surface area contributed by atoms with Crippen LogP contribution in [-0.4, -0.2) is 5.11 Å². The highest BCUT2D eigenvalue weighted by Crippen LogP contribution is 2.31. The summed E-state index contributed by atoms with van der Waals surface area (Å²) in [6.07, 6.45) is -0.572. The van der Waals surface area contributed by atoms with Crippen molar-refractivity contribution >= 4 is 22.9 Å². The summed E-state index contributed by atoms with van der Waals surface area (Å²) in [6, 6.07) is 9.69. The van der Waals surface area contributed by atoms with Crippen LogP contribution >= 0.6 is 22.9 Å². The van der Waals surface area contributed by atoms with Gasteiger partial charge in [-0.2, -0.15) is 0 Å². The summed E-state index contributed by atoms with van der Waals surface area (Å²) in [4.78, 5) is 0.883.